The van der Waals surface area contributed by atoms with E-state index in [0.717, 1.165) is 5.57 Å². The first-order valence-electron chi connectivity index (χ1n) is 10.8. The Morgan fingerprint density at radius 1 is 1.19 bits per heavy atom. The van der Waals surface area contributed by atoms with Crippen LogP contribution in [0.15, 0.2) is 35.0 Å². The molecular weight excluding hydrogens is 523 g/mol. The summed E-state index contributed by atoms with van der Waals surface area (Å²) in [5.41, 5.74) is -0.388. The van der Waals surface area contributed by atoms with Crippen LogP contribution in [0.2, 0.25) is 18.1 Å². The molecule has 0 aliphatic carbocycles. The summed E-state index contributed by atoms with van der Waals surface area (Å²) in [4.78, 5) is 12.9. The molecule has 0 radical (unpaired) electrons. The Bertz CT molecular complexity index is 636. The van der Waals surface area contributed by atoms with E-state index >= 15 is 0 Å². The van der Waals surface area contributed by atoms with Gasteiger partial charge in [0.15, 0.2) is 8.32 Å². The molecule has 2 N–H and O–H groups in total. The minimum absolute atomic E-state index is 0.0156. The third-order valence-electron chi connectivity index (χ3n) is 6.22. The van der Waals surface area contributed by atoms with Crippen molar-refractivity contribution in [2.24, 2.45) is 5.92 Å². The maximum atomic E-state index is 12.9. The molecule has 5 atom stereocenters. The van der Waals surface area contributed by atoms with Gasteiger partial charge in [-0.25, -0.2) is 0 Å². The summed E-state index contributed by atoms with van der Waals surface area (Å²) in [7, 11) is -2.16. The van der Waals surface area contributed by atoms with Gasteiger partial charge in [-0.2, -0.15) is 0 Å². The molecule has 0 aromatic rings. The van der Waals surface area contributed by atoms with Crippen molar-refractivity contribution >= 4 is 36.9 Å². The summed E-state index contributed by atoms with van der Waals surface area (Å²) < 4.78 is 14.2. The Balaban J connectivity index is 5.56. The minimum Gasteiger partial charge on any atom is -0.457 e. The molecule has 0 aromatic carbocycles. The molecule has 0 aromatic heterocycles. The first-order valence-corrected chi connectivity index (χ1v) is 15.0. The van der Waals surface area contributed by atoms with Crippen LogP contribution in [0.5, 0.6) is 0 Å². The highest BCUT2D eigenvalue weighted by molar-refractivity contribution is 14.1. The second-order valence-electron chi connectivity index (χ2n) is 10.1. The Labute approximate surface area is 204 Å². The predicted octanol–water partition coefficient (Wildman–Crippen LogP) is 5.92. The van der Waals surface area contributed by atoms with Gasteiger partial charge in [-0.1, -0.05) is 62.4 Å². The number of aliphatic hydroxyl groups excluding tert-OH is 1. The number of hydrogen-bond acceptors (Lipinski definition) is 5. The highest BCUT2D eigenvalue weighted by Gasteiger charge is 2.40. The lowest BCUT2D eigenvalue weighted by Gasteiger charge is -2.40. The molecule has 5 unspecified atom stereocenters. The van der Waals surface area contributed by atoms with Crippen LogP contribution in [0.4, 0.5) is 0 Å². The molecule has 0 heterocycles. The fourth-order valence-electron chi connectivity index (χ4n) is 2.83. The van der Waals surface area contributed by atoms with E-state index in [1.165, 1.54) is 6.08 Å². The highest BCUT2D eigenvalue weighted by atomic mass is 127. The summed E-state index contributed by atoms with van der Waals surface area (Å²) in [5.74, 6) is -0.359. The van der Waals surface area contributed by atoms with Gasteiger partial charge in [-0.15, -0.1) is 13.2 Å². The van der Waals surface area contributed by atoms with Crippen molar-refractivity contribution < 1.29 is 24.2 Å². The number of hydrogen-bond donors (Lipinski definition) is 2. The third-order valence-corrected chi connectivity index (χ3v) is 11.7. The highest BCUT2D eigenvalue weighted by Crippen LogP contribution is 2.38. The summed E-state index contributed by atoms with van der Waals surface area (Å²) in [6.45, 7) is 23.5. The van der Waals surface area contributed by atoms with Crippen LogP contribution in [0.1, 0.15) is 60.8 Å². The summed E-state index contributed by atoms with van der Waals surface area (Å²) >= 11 is 2.14. The fraction of sp³-hybridized carbons (Fsp3) is 0.708. The van der Waals surface area contributed by atoms with Gasteiger partial charge in [0, 0.05) is 5.92 Å². The van der Waals surface area contributed by atoms with Crippen LogP contribution in [-0.2, 0) is 14.0 Å². The van der Waals surface area contributed by atoms with Crippen LogP contribution >= 0.6 is 22.6 Å². The molecule has 31 heavy (non-hydrogen) atoms. The molecule has 0 aliphatic rings. The molecule has 0 spiro atoms. The normalized spacial score (nSPS) is 19.0. The Hall–Kier alpha value is -0.483. The van der Waals surface area contributed by atoms with E-state index in [2.05, 4.69) is 69.6 Å². The number of carbonyl (C=O) groups is 1. The van der Waals surface area contributed by atoms with Gasteiger partial charge in [-0.3, -0.25) is 4.79 Å². The zero-order valence-corrected chi connectivity index (χ0v) is 23.7. The van der Waals surface area contributed by atoms with Crippen LogP contribution < -0.4 is 0 Å². The van der Waals surface area contributed by atoms with Gasteiger partial charge >= 0.3 is 5.97 Å². The monoisotopic (exact) mass is 566 g/mol. The van der Waals surface area contributed by atoms with Crippen molar-refractivity contribution in [3.05, 3.63) is 35.0 Å². The lowest BCUT2D eigenvalue weighted by molar-refractivity contribution is -0.151. The molecule has 5 nitrogen and oxygen atoms in total. The molecule has 0 aliphatic heterocycles. The number of rotatable bonds is 13. The van der Waals surface area contributed by atoms with Crippen molar-refractivity contribution in [3.63, 3.8) is 0 Å². The van der Waals surface area contributed by atoms with Crippen molar-refractivity contribution in [2.75, 3.05) is 0 Å². The van der Waals surface area contributed by atoms with E-state index in [1.807, 2.05) is 17.9 Å². The van der Waals surface area contributed by atoms with Crippen LogP contribution in [0, 0.1) is 5.92 Å². The maximum absolute atomic E-state index is 12.9. The Morgan fingerprint density at radius 2 is 1.74 bits per heavy atom. The van der Waals surface area contributed by atoms with Crippen molar-refractivity contribution in [2.45, 2.75) is 103 Å². The number of ether oxygens (including phenoxy) is 1. The van der Waals surface area contributed by atoms with Gasteiger partial charge in [-0.05, 0) is 54.5 Å². The fourth-order valence-corrected chi connectivity index (χ4v) is 4.57. The van der Waals surface area contributed by atoms with Crippen molar-refractivity contribution in [1.82, 2.24) is 0 Å². The first kappa shape index (κ1) is 30.5. The van der Waals surface area contributed by atoms with E-state index in [-0.39, 0.29) is 35.9 Å². The third kappa shape index (κ3) is 9.90. The molecule has 0 amide bonds. The zero-order valence-electron chi connectivity index (χ0n) is 20.6. The second kappa shape index (κ2) is 12.7. The van der Waals surface area contributed by atoms with E-state index in [4.69, 9.17) is 9.16 Å². The lowest BCUT2D eigenvalue weighted by atomic mass is 9.91. The summed E-state index contributed by atoms with van der Waals surface area (Å²) in [6, 6.07) is 0. The van der Waals surface area contributed by atoms with Gasteiger partial charge in [0.2, 0.25) is 0 Å². The predicted molar refractivity (Wildman–Crippen MR) is 140 cm³/mol. The van der Waals surface area contributed by atoms with Gasteiger partial charge in [0.1, 0.15) is 12.2 Å². The molecule has 7 heteroatoms. The number of carbonyl (C=O) groups excluding carboxylic acids is 1. The smallest absolute Gasteiger partial charge is 0.308 e. The van der Waals surface area contributed by atoms with E-state index in [0.29, 0.717) is 6.42 Å². The maximum Gasteiger partial charge on any atom is 0.308 e. The SMILES string of the molecule is C=CC(C)C(OC(=O)CC(CCC(C)(O)C(O)C=C)O[Si](C)(C)C(C)(C)C)C(C)=CI. The topological polar surface area (TPSA) is 76.0 Å². The van der Waals surface area contributed by atoms with Gasteiger partial charge in [0.05, 0.1) is 18.1 Å². The Morgan fingerprint density at radius 3 is 2.16 bits per heavy atom. The van der Waals surface area contributed by atoms with Gasteiger partial charge in [0.25, 0.3) is 0 Å². The lowest BCUT2D eigenvalue weighted by Crippen LogP contribution is -2.46. The average Bonchev–Trinajstić information content (AvgIpc) is 2.67. The minimum atomic E-state index is -2.16. The van der Waals surface area contributed by atoms with E-state index in [1.54, 1.807) is 13.0 Å². The largest absolute Gasteiger partial charge is 0.457 e. The van der Waals surface area contributed by atoms with E-state index in [9.17, 15) is 15.0 Å². The van der Waals surface area contributed by atoms with Crippen LogP contribution in [-0.4, -0.2) is 48.4 Å². The summed E-state index contributed by atoms with van der Waals surface area (Å²) in [6.07, 6.45) is 2.02. The Kier molecular flexibility index (Phi) is 12.5. The first-order chi connectivity index (χ1) is 14.0. The average molecular weight is 567 g/mol. The number of aliphatic hydroxyl groups is 2. The molecular formula is C24H43IO5Si. The number of halogens is 1. The molecule has 0 bridgehead atoms. The zero-order chi connectivity index (χ0) is 24.6. The van der Waals surface area contributed by atoms with Crippen LogP contribution in [0.25, 0.3) is 0 Å². The molecule has 180 valence electrons. The quantitative estimate of drug-likeness (QED) is 0.125. The van der Waals surface area contributed by atoms with Crippen molar-refractivity contribution in [3.8, 4) is 0 Å². The van der Waals surface area contributed by atoms with E-state index < -0.39 is 26.1 Å². The standard InChI is InChI=1S/C24H43IO5Si/c1-11-17(3)22(18(4)16-25)29-21(27)15-19(30-31(9,10)23(5,6)7)13-14-24(8,28)20(26)12-2/h11-12,16-17,19-20,22,26,28H,1-2,13-15H2,3-10H3. The summed E-state index contributed by atoms with van der Waals surface area (Å²) in [5, 5.41) is 20.6. The van der Waals surface area contributed by atoms with Gasteiger partial charge < -0.3 is 19.4 Å². The molecule has 0 saturated heterocycles. The number of esters is 1. The van der Waals surface area contributed by atoms with Crippen molar-refractivity contribution in [1.29, 1.82) is 0 Å². The molecule has 0 saturated carbocycles. The molecule has 0 rings (SSSR count). The second-order valence-corrected chi connectivity index (χ2v) is 15.5. The van der Waals surface area contributed by atoms with Crippen LogP contribution in [0.3, 0.4) is 0 Å². The molecule has 0 fully saturated rings.